The Balaban J connectivity index is 2.44. The van der Waals surface area contributed by atoms with Crippen LogP contribution in [0.5, 0.6) is 0 Å². The number of nitriles is 1. The average molecular weight is 168 g/mol. The Morgan fingerprint density at radius 2 is 2.50 bits per heavy atom. The summed E-state index contributed by atoms with van der Waals surface area (Å²) >= 11 is 0. The van der Waals surface area contributed by atoms with Gasteiger partial charge in [-0.25, -0.2) is 0 Å². The quantitative estimate of drug-likeness (QED) is 0.631. The van der Waals surface area contributed by atoms with E-state index in [9.17, 15) is 0 Å². The van der Waals surface area contributed by atoms with Crippen molar-refractivity contribution in [1.29, 1.82) is 5.26 Å². The van der Waals surface area contributed by atoms with Crippen molar-refractivity contribution in [2.75, 3.05) is 20.3 Å². The van der Waals surface area contributed by atoms with E-state index >= 15 is 0 Å². The van der Waals surface area contributed by atoms with Gasteiger partial charge in [-0.2, -0.15) is 5.26 Å². The highest BCUT2D eigenvalue weighted by atomic mass is 16.5. The molecule has 0 aromatic heterocycles. The predicted octanol–water partition coefficient (Wildman–Crippen LogP) is 1.01. The molecule has 0 amide bonds. The number of nitrogens with zero attached hydrogens (tertiary/aromatic N) is 2. The van der Waals surface area contributed by atoms with Crippen LogP contribution in [0.4, 0.5) is 0 Å². The molecule has 0 spiro atoms. The first kappa shape index (κ1) is 9.50. The molecule has 0 saturated carbocycles. The summed E-state index contributed by atoms with van der Waals surface area (Å²) in [7, 11) is 2.01. The van der Waals surface area contributed by atoms with Crippen LogP contribution in [0, 0.1) is 11.3 Å². The molecule has 3 heteroatoms. The lowest BCUT2D eigenvalue weighted by atomic mass is 10.1. The summed E-state index contributed by atoms with van der Waals surface area (Å²) in [5.74, 6) is 0. The Morgan fingerprint density at radius 3 is 2.92 bits per heavy atom. The molecule has 1 aliphatic rings. The van der Waals surface area contributed by atoms with E-state index in [1.165, 1.54) is 0 Å². The first-order chi connectivity index (χ1) is 5.79. The fourth-order valence-corrected chi connectivity index (χ4v) is 1.57. The molecule has 1 saturated heterocycles. The topological polar surface area (TPSA) is 36.3 Å². The van der Waals surface area contributed by atoms with Crippen LogP contribution >= 0.6 is 0 Å². The number of rotatable bonds is 3. The van der Waals surface area contributed by atoms with E-state index in [-0.39, 0.29) is 6.04 Å². The Morgan fingerprint density at radius 1 is 1.75 bits per heavy atom. The number of ether oxygens (including phenoxy) is 1. The van der Waals surface area contributed by atoms with E-state index in [1.807, 2.05) is 14.0 Å². The minimum atomic E-state index is 0.0525. The second-order valence-electron chi connectivity index (χ2n) is 3.24. The highest BCUT2D eigenvalue weighted by Gasteiger charge is 2.24. The molecular formula is C9H16N2O. The van der Waals surface area contributed by atoms with Gasteiger partial charge in [0.05, 0.1) is 18.7 Å². The van der Waals surface area contributed by atoms with Crippen molar-refractivity contribution in [3.05, 3.63) is 0 Å². The van der Waals surface area contributed by atoms with Crippen molar-refractivity contribution < 1.29 is 4.74 Å². The molecule has 0 bridgehead atoms. The fourth-order valence-electron chi connectivity index (χ4n) is 1.57. The summed E-state index contributed by atoms with van der Waals surface area (Å²) in [5.41, 5.74) is 0. The predicted molar refractivity (Wildman–Crippen MR) is 46.7 cm³/mol. The third-order valence-electron chi connectivity index (χ3n) is 2.51. The molecular weight excluding hydrogens is 152 g/mol. The first-order valence-electron chi connectivity index (χ1n) is 4.49. The van der Waals surface area contributed by atoms with E-state index in [0.29, 0.717) is 6.04 Å². The van der Waals surface area contributed by atoms with Crippen molar-refractivity contribution in [2.45, 2.75) is 31.8 Å². The van der Waals surface area contributed by atoms with Gasteiger partial charge in [0.2, 0.25) is 0 Å². The summed E-state index contributed by atoms with van der Waals surface area (Å²) in [6, 6.07) is 2.80. The van der Waals surface area contributed by atoms with Crippen LogP contribution in [0.1, 0.15) is 19.8 Å². The summed E-state index contributed by atoms with van der Waals surface area (Å²) < 4.78 is 5.27. The van der Waals surface area contributed by atoms with Gasteiger partial charge in [0.15, 0.2) is 0 Å². The molecule has 1 heterocycles. The van der Waals surface area contributed by atoms with Crippen molar-refractivity contribution in [3.8, 4) is 6.07 Å². The molecule has 3 nitrogen and oxygen atoms in total. The van der Waals surface area contributed by atoms with E-state index in [1.54, 1.807) is 0 Å². The Bertz CT molecular complexity index is 170. The van der Waals surface area contributed by atoms with Gasteiger partial charge in [0, 0.05) is 12.6 Å². The minimum Gasteiger partial charge on any atom is -0.380 e. The summed E-state index contributed by atoms with van der Waals surface area (Å²) in [6.45, 7) is 3.67. The SMILES string of the molecule is CCC(C#N)N(C)C1CCOC1. The maximum absolute atomic E-state index is 8.82. The largest absolute Gasteiger partial charge is 0.380 e. The first-order valence-corrected chi connectivity index (χ1v) is 4.49. The highest BCUT2D eigenvalue weighted by molar-refractivity contribution is 4.92. The molecule has 1 fully saturated rings. The number of hydrogen-bond acceptors (Lipinski definition) is 3. The molecule has 0 aromatic carbocycles. The molecule has 2 atom stereocenters. The lowest BCUT2D eigenvalue weighted by Gasteiger charge is -2.26. The molecule has 0 aromatic rings. The van der Waals surface area contributed by atoms with E-state index in [2.05, 4.69) is 11.0 Å². The zero-order valence-electron chi connectivity index (χ0n) is 7.79. The Labute approximate surface area is 73.9 Å². The molecule has 1 aliphatic heterocycles. The molecule has 1 rings (SSSR count). The Kier molecular flexibility index (Phi) is 3.51. The molecule has 0 radical (unpaired) electrons. The van der Waals surface area contributed by atoms with E-state index in [0.717, 1.165) is 26.1 Å². The van der Waals surface area contributed by atoms with Gasteiger partial charge in [-0.15, -0.1) is 0 Å². The third kappa shape index (κ3) is 1.96. The fraction of sp³-hybridized carbons (Fsp3) is 0.889. The lowest BCUT2D eigenvalue weighted by molar-refractivity contribution is 0.146. The number of likely N-dealkylation sites (N-methyl/N-ethyl adjacent to an activating group) is 1. The molecule has 2 unspecified atom stereocenters. The van der Waals surface area contributed by atoms with Crippen LogP contribution in [-0.4, -0.2) is 37.2 Å². The van der Waals surface area contributed by atoms with E-state index < -0.39 is 0 Å². The average Bonchev–Trinajstić information content (AvgIpc) is 2.58. The van der Waals surface area contributed by atoms with Gasteiger partial charge in [0.1, 0.15) is 0 Å². The third-order valence-corrected chi connectivity index (χ3v) is 2.51. The van der Waals surface area contributed by atoms with Gasteiger partial charge in [0.25, 0.3) is 0 Å². The monoisotopic (exact) mass is 168 g/mol. The van der Waals surface area contributed by atoms with Crippen molar-refractivity contribution in [1.82, 2.24) is 4.90 Å². The van der Waals surface area contributed by atoms with Gasteiger partial charge >= 0.3 is 0 Å². The second-order valence-corrected chi connectivity index (χ2v) is 3.24. The summed E-state index contributed by atoms with van der Waals surface area (Å²) in [5, 5.41) is 8.82. The van der Waals surface area contributed by atoms with Crippen LogP contribution in [0.25, 0.3) is 0 Å². The molecule has 68 valence electrons. The second kappa shape index (κ2) is 4.44. The highest BCUT2D eigenvalue weighted by Crippen LogP contribution is 2.14. The smallest absolute Gasteiger partial charge is 0.0975 e. The van der Waals surface area contributed by atoms with Crippen molar-refractivity contribution >= 4 is 0 Å². The van der Waals surface area contributed by atoms with Gasteiger partial charge < -0.3 is 4.74 Å². The van der Waals surface area contributed by atoms with Crippen molar-refractivity contribution in [3.63, 3.8) is 0 Å². The lowest BCUT2D eigenvalue weighted by Crippen LogP contribution is -2.39. The van der Waals surface area contributed by atoms with Crippen LogP contribution < -0.4 is 0 Å². The Hall–Kier alpha value is -0.590. The van der Waals surface area contributed by atoms with Crippen LogP contribution in [0.15, 0.2) is 0 Å². The minimum absolute atomic E-state index is 0.0525. The maximum atomic E-state index is 8.82. The summed E-state index contributed by atoms with van der Waals surface area (Å²) in [4.78, 5) is 2.13. The van der Waals surface area contributed by atoms with Gasteiger partial charge in [-0.1, -0.05) is 6.92 Å². The zero-order valence-corrected chi connectivity index (χ0v) is 7.79. The van der Waals surface area contributed by atoms with Gasteiger partial charge in [-0.05, 0) is 19.9 Å². The zero-order chi connectivity index (χ0) is 8.97. The summed E-state index contributed by atoms with van der Waals surface area (Å²) in [6.07, 6.45) is 1.96. The number of hydrogen-bond donors (Lipinski definition) is 0. The molecule has 0 aliphatic carbocycles. The maximum Gasteiger partial charge on any atom is 0.0975 e. The molecule has 12 heavy (non-hydrogen) atoms. The van der Waals surface area contributed by atoms with Crippen LogP contribution in [0.3, 0.4) is 0 Å². The molecule has 0 N–H and O–H groups in total. The van der Waals surface area contributed by atoms with Crippen molar-refractivity contribution in [2.24, 2.45) is 0 Å². The standard InChI is InChI=1S/C9H16N2O/c1-3-8(6-10)11(2)9-4-5-12-7-9/h8-9H,3-5,7H2,1-2H3. The van der Waals surface area contributed by atoms with Gasteiger partial charge in [-0.3, -0.25) is 4.90 Å². The normalized spacial score (nSPS) is 25.7. The van der Waals surface area contributed by atoms with E-state index in [4.69, 9.17) is 10.00 Å². The van der Waals surface area contributed by atoms with Crippen LogP contribution in [-0.2, 0) is 4.74 Å². The van der Waals surface area contributed by atoms with Crippen LogP contribution in [0.2, 0.25) is 0 Å².